The topological polar surface area (TPSA) is 38.8 Å². The van der Waals surface area contributed by atoms with Gasteiger partial charge in [0.2, 0.25) is 5.91 Å². The Hall–Kier alpha value is -2.17. The summed E-state index contributed by atoms with van der Waals surface area (Å²) in [7, 11) is 0. The minimum absolute atomic E-state index is 0.0931. The number of carbonyl (C=O) groups is 1. The fourth-order valence-electron chi connectivity index (χ4n) is 3.84. The van der Waals surface area contributed by atoms with Crippen molar-refractivity contribution in [3.8, 4) is 0 Å². The van der Waals surface area contributed by atoms with Crippen molar-refractivity contribution in [3.05, 3.63) is 71.8 Å². The predicted octanol–water partition coefficient (Wildman–Crippen LogP) is 3.47. The van der Waals surface area contributed by atoms with Crippen LogP contribution in [-0.2, 0) is 14.3 Å². The highest BCUT2D eigenvalue weighted by atomic mass is 16.5. The Balaban J connectivity index is 1.33. The molecule has 0 spiro atoms. The standard InChI is InChI=1S/C23H27NO3/c25-23(24-14-21(15-24)27-17-18-11-12-26-16-18)13-22(19-7-3-1-4-8-19)20-9-5-2-6-10-20/h1-10,18,21-22H,11-17H2. The Kier molecular flexibility index (Phi) is 5.85. The van der Waals surface area contributed by atoms with Crippen molar-refractivity contribution in [1.82, 2.24) is 4.90 Å². The van der Waals surface area contributed by atoms with Crippen molar-refractivity contribution < 1.29 is 14.3 Å². The number of likely N-dealkylation sites (tertiary alicyclic amines) is 1. The zero-order chi connectivity index (χ0) is 18.5. The van der Waals surface area contributed by atoms with Gasteiger partial charge < -0.3 is 14.4 Å². The predicted molar refractivity (Wildman–Crippen MR) is 105 cm³/mol. The van der Waals surface area contributed by atoms with Gasteiger partial charge in [-0.1, -0.05) is 60.7 Å². The van der Waals surface area contributed by atoms with Gasteiger partial charge >= 0.3 is 0 Å². The van der Waals surface area contributed by atoms with E-state index in [2.05, 4.69) is 24.3 Å². The molecule has 0 aliphatic carbocycles. The second-order valence-corrected chi connectivity index (χ2v) is 7.56. The lowest BCUT2D eigenvalue weighted by atomic mass is 9.88. The highest BCUT2D eigenvalue weighted by Crippen LogP contribution is 2.29. The molecule has 2 aliphatic heterocycles. The zero-order valence-electron chi connectivity index (χ0n) is 15.6. The molecule has 1 unspecified atom stereocenters. The van der Waals surface area contributed by atoms with Crippen molar-refractivity contribution >= 4 is 5.91 Å². The fourth-order valence-corrected chi connectivity index (χ4v) is 3.84. The van der Waals surface area contributed by atoms with Gasteiger partial charge in [-0.25, -0.2) is 0 Å². The van der Waals surface area contributed by atoms with Gasteiger partial charge in [0.1, 0.15) is 0 Å². The van der Waals surface area contributed by atoms with Crippen LogP contribution < -0.4 is 0 Å². The van der Waals surface area contributed by atoms with Crippen LogP contribution >= 0.6 is 0 Å². The summed E-state index contributed by atoms with van der Waals surface area (Å²) >= 11 is 0. The van der Waals surface area contributed by atoms with Gasteiger partial charge in [-0.2, -0.15) is 0 Å². The van der Waals surface area contributed by atoms with Gasteiger partial charge in [-0.05, 0) is 17.5 Å². The Morgan fingerprint density at radius 1 is 1.04 bits per heavy atom. The summed E-state index contributed by atoms with van der Waals surface area (Å²) in [6, 6.07) is 20.6. The van der Waals surface area contributed by atoms with E-state index in [0.29, 0.717) is 25.4 Å². The normalized spacial score (nSPS) is 20.0. The zero-order valence-corrected chi connectivity index (χ0v) is 15.6. The second-order valence-electron chi connectivity index (χ2n) is 7.56. The monoisotopic (exact) mass is 365 g/mol. The summed E-state index contributed by atoms with van der Waals surface area (Å²) < 4.78 is 11.3. The fraction of sp³-hybridized carbons (Fsp3) is 0.435. The molecule has 2 aliphatic rings. The average molecular weight is 365 g/mol. The summed E-state index contributed by atoms with van der Waals surface area (Å²) in [5.74, 6) is 0.822. The Labute approximate surface area is 161 Å². The van der Waals surface area contributed by atoms with E-state index in [9.17, 15) is 4.79 Å². The van der Waals surface area contributed by atoms with Crippen LogP contribution in [0.5, 0.6) is 0 Å². The van der Waals surface area contributed by atoms with Gasteiger partial charge in [0.25, 0.3) is 0 Å². The van der Waals surface area contributed by atoms with Crippen molar-refractivity contribution in [2.24, 2.45) is 5.92 Å². The van der Waals surface area contributed by atoms with Gasteiger partial charge in [-0.15, -0.1) is 0 Å². The van der Waals surface area contributed by atoms with Gasteiger partial charge in [0.05, 0.1) is 19.3 Å². The van der Waals surface area contributed by atoms with E-state index in [1.54, 1.807) is 0 Å². The van der Waals surface area contributed by atoms with Crippen LogP contribution in [0.15, 0.2) is 60.7 Å². The summed E-state index contributed by atoms with van der Waals surface area (Å²) in [4.78, 5) is 14.8. The van der Waals surface area contributed by atoms with Crippen molar-refractivity contribution in [1.29, 1.82) is 0 Å². The second kappa shape index (κ2) is 8.68. The number of carbonyl (C=O) groups excluding carboxylic acids is 1. The number of amides is 1. The van der Waals surface area contributed by atoms with E-state index >= 15 is 0 Å². The molecule has 0 N–H and O–H groups in total. The lowest BCUT2D eigenvalue weighted by Gasteiger charge is -2.40. The third-order valence-corrected chi connectivity index (χ3v) is 5.57. The van der Waals surface area contributed by atoms with Crippen LogP contribution in [0, 0.1) is 5.92 Å². The summed E-state index contributed by atoms with van der Waals surface area (Å²) in [5, 5.41) is 0. The molecule has 2 saturated heterocycles. The first-order valence-corrected chi connectivity index (χ1v) is 9.86. The largest absolute Gasteiger partial charge is 0.381 e. The van der Waals surface area contributed by atoms with Crippen LogP contribution in [0.25, 0.3) is 0 Å². The third kappa shape index (κ3) is 4.57. The number of hydrogen-bond donors (Lipinski definition) is 0. The Bertz CT molecular complexity index is 682. The number of hydrogen-bond acceptors (Lipinski definition) is 3. The molecule has 27 heavy (non-hydrogen) atoms. The van der Waals surface area contributed by atoms with E-state index in [1.165, 1.54) is 11.1 Å². The molecule has 2 fully saturated rings. The number of rotatable bonds is 7. The summed E-state index contributed by atoms with van der Waals surface area (Å²) in [6.07, 6.45) is 1.77. The van der Waals surface area contributed by atoms with Crippen LogP contribution in [-0.4, -0.2) is 49.8 Å². The van der Waals surface area contributed by atoms with E-state index in [-0.39, 0.29) is 17.9 Å². The number of nitrogens with zero attached hydrogens (tertiary/aromatic N) is 1. The maximum absolute atomic E-state index is 12.8. The molecule has 1 atom stereocenters. The van der Waals surface area contributed by atoms with E-state index < -0.39 is 0 Å². The quantitative estimate of drug-likeness (QED) is 0.754. The minimum atomic E-state index is 0.0931. The molecule has 4 nitrogen and oxygen atoms in total. The van der Waals surface area contributed by atoms with Crippen LogP contribution in [0.1, 0.15) is 29.9 Å². The van der Waals surface area contributed by atoms with E-state index in [1.807, 2.05) is 41.3 Å². The molecule has 1 amide bonds. The van der Waals surface area contributed by atoms with Gasteiger partial charge in [0.15, 0.2) is 0 Å². The van der Waals surface area contributed by atoms with Crippen molar-refractivity contribution in [2.45, 2.75) is 24.9 Å². The molecular weight excluding hydrogens is 338 g/mol. The maximum Gasteiger partial charge on any atom is 0.223 e. The molecule has 0 aromatic heterocycles. The lowest BCUT2D eigenvalue weighted by Crippen LogP contribution is -2.55. The number of benzene rings is 2. The molecule has 4 heteroatoms. The first-order chi connectivity index (χ1) is 13.3. The molecule has 142 valence electrons. The molecule has 2 heterocycles. The van der Waals surface area contributed by atoms with Crippen molar-refractivity contribution in [3.63, 3.8) is 0 Å². The van der Waals surface area contributed by atoms with Crippen LogP contribution in [0.4, 0.5) is 0 Å². The first-order valence-electron chi connectivity index (χ1n) is 9.86. The van der Waals surface area contributed by atoms with Gasteiger partial charge in [-0.3, -0.25) is 4.79 Å². The van der Waals surface area contributed by atoms with Crippen molar-refractivity contribution in [2.75, 3.05) is 32.9 Å². The van der Waals surface area contributed by atoms with Crippen LogP contribution in [0.2, 0.25) is 0 Å². The molecule has 0 radical (unpaired) electrons. The lowest BCUT2D eigenvalue weighted by molar-refractivity contribution is -0.146. The molecule has 4 rings (SSSR count). The summed E-state index contributed by atoms with van der Waals surface area (Å²) in [5.41, 5.74) is 2.37. The Morgan fingerprint density at radius 2 is 1.67 bits per heavy atom. The van der Waals surface area contributed by atoms with E-state index in [0.717, 1.165) is 26.2 Å². The van der Waals surface area contributed by atoms with Gasteiger partial charge in [0, 0.05) is 38.0 Å². The number of ether oxygens (including phenoxy) is 2. The average Bonchev–Trinajstić information content (AvgIpc) is 3.20. The Morgan fingerprint density at radius 3 is 2.22 bits per heavy atom. The van der Waals surface area contributed by atoms with Crippen LogP contribution in [0.3, 0.4) is 0 Å². The molecule has 2 aromatic carbocycles. The third-order valence-electron chi connectivity index (χ3n) is 5.57. The highest BCUT2D eigenvalue weighted by Gasteiger charge is 2.33. The molecule has 0 bridgehead atoms. The summed E-state index contributed by atoms with van der Waals surface area (Å²) in [6.45, 7) is 3.84. The molecule has 2 aromatic rings. The first kappa shape index (κ1) is 18.2. The minimum Gasteiger partial charge on any atom is -0.381 e. The maximum atomic E-state index is 12.8. The molecular formula is C23H27NO3. The molecule has 0 saturated carbocycles. The van der Waals surface area contributed by atoms with E-state index in [4.69, 9.17) is 9.47 Å². The highest BCUT2D eigenvalue weighted by molar-refractivity contribution is 5.78. The SMILES string of the molecule is O=C(CC(c1ccccc1)c1ccccc1)N1CC(OCC2CCOC2)C1. The smallest absolute Gasteiger partial charge is 0.223 e.